The predicted molar refractivity (Wildman–Crippen MR) is 103 cm³/mol. The van der Waals surface area contributed by atoms with Gasteiger partial charge in [-0.15, -0.1) is 6.58 Å². The van der Waals surface area contributed by atoms with E-state index in [0.717, 1.165) is 24.8 Å². The van der Waals surface area contributed by atoms with E-state index >= 15 is 0 Å². The number of allylic oxidation sites excluding steroid dienone is 1. The Hall–Kier alpha value is -2.16. The molecule has 0 saturated carbocycles. The highest BCUT2D eigenvalue weighted by atomic mass is 16.2. The summed E-state index contributed by atoms with van der Waals surface area (Å²) in [5, 5.41) is 5.32. The predicted octanol–water partition coefficient (Wildman–Crippen LogP) is 3.93. The summed E-state index contributed by atoms with van der Waals surface area (Å²) in [5.74, 6) is 2.09. The summed E-state index contributed by atoms with van der Waals surface area (Å²) in [7, 11) is 0. The van der Waals surface area contributed by atoms with Crippen LogP contribution >= 0.6 is 0 Å². The number of carbonyl (C=O) groups excluding carboxylic acids is 2. The summed E-state index contributed by atoms with van der Waals surface area (Å²) in [6, 6.07) is 7.37. The molecule has 2 aliphatic rings. The van der Waals surface area contributed by atoms with E-state index in [2.05, 4.69) is 68.8 Å². The van der Waals surface area contributed by atoms with Crippen LogP contribution in [0.15, 0.2) is 30.9 Å². The minimum absolute atomic E-state index is 0.0218. The Morgan fingerprint density at radius 2 is 1.96 bits per heavy atom. The number of piperidine rings is 1. The summed E-state index contributed by atoms with van der Waals surface area (Å²) in [6.45, 7) is 14.5. The molecule has 1 aromatic carbocycles. The first kappa shape index (κ1) is 18.6. The van der Waals surface area contributed by atoms with E-state index in [1.54, 1.807) is 5.56 Å². The first-order chi connectivity index (χ1) is 12.4. The Balaban J connectivity index is 0.000000613. The third kappa shape index (κ3) is 2.84. The molecule has 1 aliphatic heterocycles. The minimum atomic E-state index is -0.0218. The number of H-pyrrole nitrogens is 1. The van der Waals surface area contributed by atoms with Crippen molar-refractivity contribution in [3.8, 4) is 0 Å². The number of rotatable bonds is 2. The number of hydrogen-bond acceptors (Lipinski definition) is 3. The van der Waals surface area contributed by atoms with Crippen molar-refractivity contribution in [2.75, 3.05) is 6.54 Å². The highest BCUT2D eigenvalue weighted by Gasteiger charge is 2.41. The first-order valence-corrected chi connectivity index (χ1v) is 9.35. The lowest BCUT2D eigenvalue weighted by atomic mass is 9.67. The number of nitrogens with one attached hydrogen (secondary N) is 2. The van der Waals surface area contributed by atoms with Crippen molar-refractivity contribution in [3.63, 3.8) is 0 Å². The molecule has 0 amide bonds. The van der Waals surface area contributed by atoms with Gasteiger partial charge in [0.15, 0.2) is 0 Å². The Morgan fingerprint density at radius 3 is 2.62 bits per heavy atom. The van der Waals surface area contributed by atoms with Gasteiger partial charge in [-0.3, -0.25) is 0 Å². The van der Waals surface area contributed by atoms with Crippen molar-refractivity contribution in [2.45, 2.75) is 51.5 Å². The molecular weight excluding hydrogens is 324 g/mol. The molecule has 26 heavy (non-hydrogen) atoms. The van der Waals surface area contributed by atoms with Crippen LogP contribution in [0.1, 0.15) is 50.4 Å². The maximum Gasteiger partial charge on any atom is 0.373 e. The first-order valence-electron chi connectivity index (χ1n) is 9.35. The second-order valence-electron chi connectivity index (χ2n) is 8.34. The van der Waals surface area contributed by atoms with Crippen molar-refractivity contribution in [2.24, 2.45) is 11.8 Å². The molecule has 1 aliphatic carbocycles. The SMILES string of the molecule is C=CC(C)(C)c1[nH]c2cccc3c2c1C[C@H]1NC[C@H](C)[C@@H](C)[C@@H]31.O=C=O. The molecule has 2 N–H and O–H groups in total. The molecule has 138 valence electrons. The number of aromatic amines is 1. The van der Waals surface area contributed by atoms with Gasteiger partial charge in [0.05, 0.1) is 0 Å². The summed E-state index contributed by atoms with van der Waals surface area (Å²) < 4.78 is 0. The quantitative estimate of drug-likeness (QED) is 0.805. The highest BCUT2D eigenvalue weighted by molar-refractivity contribution is 5.90. The van der Waals surface area contributed by atoms with Crippen molar-refractivity contribution in [3.05, 3.63) is 47.7 Å². The third-order valence-electron chi connectivity index (χ3n) is 6.50. The second kappa shape index (κ2) is 6.86. The van der Waals surface area contributed by atoms with E-state index < -0.39 is 0 Å². The number of hydrogen-bond donors (Lipinski definition) is 2. The highest BCUT2D eigenvalue weighted by Crippen LogP contribution is 2.47. The van der Waals surface area contributed by atoms with Gasteiger partial charge in [-0.2, -0.15) is 9.59 Å². The van der Waals surface area contributed by atoms with Crippen molar-refractivity contribution in [1.82, 2.24) is 10.3 Å². The third-order valence-corrected chi connectivity index (χ3v) is 6.50. The van der Waals surface area contributed by atoms with E-state index in [1.165, 1.54) is 22.2 Å². The monoisotopic (exact) mass is 352 g/mol. The Labute approximate surface area is 155 Å². The van der Waals surface area contributed by atoms with Crippen LogP contribution in [-0.4, -0.2) is 23.7 Å². The molecule has 4 nitrogen and oxygen atoms in total. The van der Waals surface area contributed by atoms with Gasteiger partial charge >= 0.3 is 6.15 Å². The summed E-state index contributed by atoms with van der Waals surface area (Å²) in [4.78, 5) is 20.0. The van der Waals surface area contributed by atoms with Crippen LogP contribution < -0.4 is 5.32 Å². The topological polar surface area (TPSA) is 62.0 Å². The molecule has 0 spiro atoms. The van der Waals surface area contributed by atoms with Gasteiger partial charge in [-0.05, 0) is 42.0 Å². The lowest BCUT2D eigenvalue weighted by Gasteiger charge is -2.44. The molecule has 0 bridgehead atoms. The maximum absolute atomic E-state index is 8.12. The molecule has 2 aromatic rings. The fourth-order valence-electron chi connectivity index (χ4n) is 4.77. The van der Waals surface area contributed by atoms with E-state index in [0.29, 0.717) is 12.0 Å². The molecule has 1 saturated heterocycles. The van der Waals surface area contributed by atoms with Crippen molar-refractivity contribution >= 4 is 17.1 Å². The zero-order chi connectivity index (χ0) is 19.1. The van der Waals surface area contributed by atoms with Crippen molar-refractivity contribution in [1.29, 1.82) is 0 Å². The summed E-state index contributed by atoms with van der Waals surface area (Å²) >= 11 is 0. The molecule has 1 aromatic heterocycles. The molecule has 0 radical (unpaired) electrons. The van der Waals surface area contributed by atoms with Crippen LogP contribution in [0.2, 0.25) is 0 Å². The van der Waals surface area contributed by atoms with E-state index in [1.807, 2.05) is 0 Å². The average molecular weight is 352 g/mol. The zero-order valence-corrected chi connectivity index (χ0v) is 16.1. The van der Waals surface area contributed by atoms with Crippen LogP contribution in [0.25, 0.3) is 10.9 Å². The normalized spacial score (nSPS) is 27.1. The number of fused-ring (bicyclic) bond motifs is 2. The Morgan fingerprint density at radius 1 is 1.27 bits per heavy atom. The largest absolute Gasteiger partial charge is 0.373 e. The number of benzene rings is 1. The average Bonchev–Trinajstić information content (AvgIpc) is 3.00. The van der Waals surface area contributed by atoms with Crippen LogP contribution in [0.5, 0.6) is 0 Å². The van der Waals surface area contributed by atoms with E-state index in [-0.39, 0.29) is 11.6 Å². The molecule has 4 atom stereocenters. The van der Waals surface area contributed by atoms with Crippen LogP contribution in [0.4, 0.5) is 0 Å². The van der Waals surface area contributed by atoms with Gasteiger partial charge in [-0.25, -0.2) is 0 Å². The summed E-state index contributed by atoms with van der Waals surface area (Å²) in [5.41, 5.74) is 5.68. The molecule has 2 heterocycles. The van der Waals surface area contributed by atoms with Crippen LogP contribution in [-0.2, 0) is 21.4 Å². The van der Waals surface area contributed by atoms with Gasteiger partial charge in [0.25, 0.3) is 0 Å². The van der Waals surface area contributed by atoms with E-state index in [4.69, 9.17) is 9.59 Å². The lowest BCUT2D eigenvalue weighted by Crippen LogP contribution is -2.50. The fraction of sp³-hybridized carbons (Fsp3) is 0.500. The smallest absolute Gasteiger partial charge is 0.357 e. The zero-order valence-electron chi connectivity index (χ0n) is 16.1. The fourth-order valence-corrected chi connectivity index (χ4v) is 4.77. The molecule has 1 fully saturated rings. The Kier molecular flexibility index (Phi) is 4.92. The molecule has 0 unspecified atom stereocenters. The van der Waals surface area contributed by atoms with Gasteiger partial charge in [0.1, 0.15) is 0 Å². The van der Waals surface area contributed by atoms with Gasteiger partial charge in [0, 0.05) is 34.0 Å². The van der Waals surface area contributed by atoms with E-state index in [9.17, 15) is 0 Å². The van der Waals surface area contributed by atoms with Crippen molar-refractivity contribution < 1.29 is 9.59 Å². The molecule has 4 rings (SSSR count). The maximum atomic E-state index is 8.12. The van der Waals surface area contributed by atoms with Gasteiger partial charge in [0.2, 0.25) is 0 Å². The van der Waals surface area contributed by atoms with Crippen LogP contribution in [0.3, 0.4) is 0 Å². The second-order valence-corrected chi connectivity index (χ2v) is 8.34. The Bertz CT molecular complexity index is 858. The minimum Gasteiger partial charge on any atom is -0.357 e. The summed E-state index contributed by atoms with van der Waals surface area (Å²) in [6.07, 6.45) is 3.45. The van der Waals surface area contributed by atoms with Crippen LogP contribution in [0, 0.1) is 11.8 Å². The van der Waals surface area contributed by atoms with Gasteiger partial charge in [-0.1, -0.05) is 45.9 Å². The molecule has 4 heteroatoms. The lowest BCUT2D eigenvalue weighted by molar-refractivity contribution is -0.191. The standard InChI is InChI=1S/C21H28N2.CO2/c1-6-21(4,5)20-15-10-17-18(13(3)12(2)11-22-17)14-8-7-9-16(23-20)19(14)15;2-1-3/h6-9,12-13,17-18,22-23H,1,10-11H2,2-5H3;/t12-,13+,17+,18-;/m0./s1. The van der Waals surface area contributed by atoms with Gasteiger partial charge < -0.3 is 10.3 Å². The molecular formula is C22H28N2O2. The number of aromatic nitrogens is 1.